The summed E-state index contributed by atoms with van der Waals surface area (Å²) in [6, 6.07) is 3.98. The number of halogens is 1. The molecule has 1 aromatic heterocycles. The molecule has 2 rings (SSSR count). The van der Waals surface area contributed by atoms with Crippen LogP contribution in [0, 0.1) is 0 Å². The maximum absolute atomic E-state index is 5.58. The van der Waals surface area contributed by atoms with Gasteiger partial charge in [0, 0.05) is 11.6 Å². The summed E-state index contributed by atoms with van der Waals surface area (Å²) in [5.41, 5.74) is 7.52. The number of hydrogen-bond acceptors (Lipinski definition) is 3. The van der Waals surface area contributed by atoms with Crippen molar-refractivity contribution in [2.24, 2.45) is 0 Å². The lowest BCUT2D eigenvalue weighted by atomic mass is 9.94. The molecule has 0 amide bonds. The second-order valence-corrected chi connectivity index (χ2v) is 3.54. The fourth-order valence-corrected chi connectivity index (χ4v) is 1.78. The van der Waals surface area contributed by atoms with E-state index in [1.807, 2.05) is 12.1 Å². The topological polar surface area (TPSA) is 50.9 Å². The van der Waals surface area contributed by atoms with E-state index >= 15 is 0 Å². The Labute approximate surface area is 90.5 Å². The highest BCUT2D eigenvalue weighted by Gasteiger charge is 2.15. The van der Waals surface area contributed by atoms with Gasteiger partial charge in [0.25, 0.3) is 0 Å². The molecular formula is C10H16ClN3. The highest BCUT2D eigenvalue weighted by molar-refractivity contribution is 5.85. The van der Waals surface area contributed by atoms with Crippen molar-refractivity contribution in [3.63, 3.8) is 0 Å². The number of nitrogens with one attached hydrogen (secondary N) is 1. The summed E-state index contributed by atoms with van der Waals surface area (Å²) < 4.78 is 0. The smallest absolute Gasteiger partial charge is 0.0501 e. The molecule has 0 unspecified atom stereocenters. The Balaban J connectivity index is 0.000000980. The van der Waals surface area contributed by atoms with Gasteiger partial charge in [-0.1, -0.05) is 0 Å². The van der Waals surface area contributed by atoms with Crippen LogP contribution < -0.4 is 11.1 Å². The second-order valence-electron chi connectivity index (χ2n) is 3.54. The summed E-state index contributed by atoms with van der Waals surface area (Å²) in [4.78, 5) is 4.35. The molecule has 0 spiro atoms. The van der Waals surface area contributed by atoms with Gasteiger partial charge in [0.2, 0.25) is 0 Å². The molecule has 1 aliphatic rings. The molecule has 14 heavy (non-hydrogen) atoms. The number of anilines is 1. The first-order valence-corrected chi connectivity index (χ1v) is 4.78. The maximum Gasteiger partial charge on any atom is 0.0501 e. The van der Waals surface area contributed by atoms with E-state index in [-0.39, 0.29) is 12.4 Å². The van der Waals surface area contributed by atoms with Gasteiger partial charge in [0.1, 0.15) is 0 Å². The molecule has 1 aromatic rings. The third kappa shape index (κ3) is 2.59. The van der Waals surface area contributed by atoms with Crippen LogP contribution in [0.25, 0.3) is 0 Å². The SMILES string of the molecule is Cl.Nc1ccc(C2CCNCC2)nc1. The summed E-state index contributed by atoms with van der Waals surface area (Å²) >= 11 is 0. The molecule has 0 radical (unpaired) electrons. The van der Waals surface area contributed by atoms with Crippen molar-refractivity contribution in [3.05, 3.63) is 24.0 Å². The lowest BCUT2D eigenvalue weighted by Crippen LogP contribution is -2.27. The van der Waals surface area contributed by atoms with Gasteiger partial charge < -0.3 is 11.1 Å². The van der Waals surface area contributed by atoms with Gasteiger partial charge in [0.15, 0.2) is 0 Å². The minimum absolute atomic E-state index is 0. The van der Waals surface area contributed by atoms with Crippen molar-refractivity contribution in [2.45, 2.75) is 18.8 Å². The fraction of sp³-hybridized carbons (Fsp3) is 0.500. The number of piperidine rings is 1. The van der Waals surface area contributed by atoms with Crippen molar-refractivity contribution >= 4 is 18.1 Å². The van der Waals surface area contributed by atoms with Crippen LogP contribution in [0.5, 0.6) is 0 Å². The molecule has 4 heteroatoms. The molecule has 3 N–H and O–H groups in total. The fourth-order valence-electron chi connectivity index (χ4n) is 1.78. The third-order valence-electron chi connectivity index (χ3n) is 2.57. The Morgan fingerprint density at radius 1 is 1.29 bits per heavy atom. The van der Waals surface area contributed by atoms with E-state index in [1.54, 1.807) is 6.20 Å². The van der Waals surface area contributed by atoms with E-state index in [0.717, 1.165) is 18.8 Å². The number of nitrogen functional groups attached to an aromatic ring is 1. The molecule has 0 bridgehead atoms. The summed E-state index contributed by atoms with van der Waals surface area (Å²) in [5, 5.41) is 3.34. The third-order valence-corrected chi connectivity index (χ3v) is 2.57. The number of pyridine rings is 1. The summed E-state index contributed by atoms with van der Waals surface area (Å²) in [7, 11) is 0. The number of nitrogens with zero attached hydrogens (tertiary/aromatic N) is 1. The number of rotatable bonds is 1. The molecule has 0 aliphatic carbocycles. The predicted octanol–water partition coefficient (Wildman–Crippen LogP) is 1.55. The van der Waals surface area contributed by atoms with Crippen LogP contribution in [-0.2, 0) is 0 Å². The molecule has 78 valence electrons. The van der Waals surface area contributed by atoms with Crippen molar-refractivity contribution in [1.82, 2.24) is 10.3 Å². The predicted molar refractivity (Wildman–Crippen MR) is 60.7 cm³/mol. The van der Waals surface area contributed by atoms with Crippen molar-refractivity contribution in [2.75, 3.05) is 18.8 Å². The lowest BCUT2D eigenvalue weighted by Gasteiger charge is -2.21. The number of hydrogen-bond donors (Lipinski definition) is 2. The summed E-state index contributed by atoms with van der Waals surface area (Å²) in [5.74, 6) is 0.627. The Morgan fingerprint density at radius 2 is 2.00 bits per heavy atom. The lowest BCUT2D eigenvalue weighted by molar-refractivity contribution is 0.453. The zero-order valence-electron chi connectivity index (χ0n) is 8.07. The van der Waals surface area contributed by atoms with Crippen LogP contribution in [0.15, 0.2) is 18.3 Å². The van der Waals surface area contributed by atoms with Crippen LogP contribution >= 0.6 is 12.4 Å². The van der Waals surface area contributed by atoms with Crippen molar-refractivity contribution < 1.29 is 0 Å². The van der Waals surface area contributed by atoms with Crippen LogP contribution in [0.1, 0.15) is 24.5 Å². The highest BCUT2D eigenvalue weighted by atomic mass is 35.5. The maximum atomic E-state index is 5.58. The molecule has 1 saturated heterocycles. The quantitative estimate of drug-likeness (QED) is 0.745. The first-order chi connectivity index (χ1) is 6.36. The average Bonchev–Trinajstić information content (AvgIpc) is 2.20. The zero-order chi connectivity index (χ0) is 9.10. The van der Waals surface area contributed by atoms with Gasteiger partial charge >= 0.3 is 0 Å². The van der Waals surface area contributed by atoms with E-state index in [1.165, 1.54) is 18.5 Å². The van der Waals surface area contributed by atoms with E-state index < -0.39 is 0 Å². The molecule has 2 heterocycles. The summed E-state index contributed by atoms with van der Waals surface area (Å²) in [6.45, 7) is 2.22. The van der Waals surface area contributed by atoms with Crippen molar-refractivity contribution in [3.8, 4) is 0 Å². The van der Waals surface area contributed by atoms with Crippen molar-refractivity contribution in [1.29, 1.82) is 0 Å². The largest absolute Gasteiger partial charge is 0.397 e. The summed E-state index contributed by atoms with van der Waals surface area (Å²) in [6.07, 6.45) is 4.13. The van der Waals surface area contributed by atoms with Gasteiger partial charge in [-0.25, -0.2) is 0 Å². The monoisotopic (exact) mass is 213 g/mol. The average molecular weight is 214 g/mol. The van der Waals surface area contributed by atoms with Crippen LogP contribution in [0.4, 0.5) is 5.69 Å². The molecule has 1 aliphatic heterocycles. The Bertz CT molecular complexity index is 267. The van der Waals surface area contributed by atoms with Crippen LogP contribution in [-0.4, -0.2) is 18.1 Å². The number of nitrogens with two attached hydrogens (primary N) is 1. The van der Waals surface area contributed by atoms with Gasteiger partial charge in [-0.15, -0.1) is 12.4 Å². The van der Waals surface area contributed by atoms with E-state index in [4.69, 9.17) is 5.73 Å². The molecular weight excluding hydrogens is 198 g/mol. The molecule has 3 nitrogen and oxygen atoms in total. The highest BCUT2D eigenvalue weighted by Crippen LogP contribution is 2.23. The van der Waals surface area contributed by atoms with E-state index in [9.17, 15) is 0 Å². The van der Waals surface area contributed by atoms with E-state index in [0.29, 0.717) is 5.92 Å². The van der Waals surface area contributed by atoms with Gasteiger partial charge in [-0.2, -0.15) is 0 Å². The Morgan fingerprint density at radius 3 is 2.57 bits per heavy atom. The Hall–Kier alpha value is -0.800. The first-order valence-electron chi connectivity index (χ1n) is 4.78. The molecule has 0 saturated carbocycles. The van der Waals surface area contributed by atoms with Gasteiger partial charge in [-0.05, 0) is 38.1 Å². The van der Waals surface area contributed by atoms with Gasteiger partial charge in [-0.3, -0.25) is 4.98 Å². The minimum atomic E-state index is 0. The first kappa shape index (κ1) is 11.3. The minimum Gasteiger partial charge on any atom is -0.397 e. The zero-order valence-corrected chi connectivity index (χ0v) is 8.89. The molecule has 0 atom stereocenters. The van der Waals surface area contributed by atoms with E-state index in [2.05, 4.69) is 10.3 Å². The van der Waals surface area contributed by atoms with Crippen LogP contribution in [0.2, 0.25) is 0 Å². The van der Waals surface area contributed by atoms with Gasteiger partial charge in [0.05, 0.1) is 11.9 Å². The normalized spacial score (nSPS) is 17.4. The number of aromatic nitrogens is 1. The second kappa shape index (κ2) is 5.17. The molecule has 0 aromatic carbocycles. The Kier molecular flexibility index (Phi) is 4.17. The van der Waals surface area contributed by atoms with Crippen LogP contribution in [0.3, 0.4) is 0 Å². The molecule has 1 fully saturated rings. The standard InChI is InChI=1S/C10H15N3.ClH/c11-9-1-2-10(13-7-9)8-3-5-12-6-4-8;/h1-2,7-8,12H,3-6,11H2;1H.